The third kappa shape index (κ3) is 3.26. The van der Waals surface area contributed by atoms with E-state index < -0.39 is 5.97 Å². The second-order valence-electron chi connectivity index (χ2n) is 4.91. The molecular weight excluding hydrogens is 260 g/mol. The number of aliphatic carboxylic acids is 1. The van der Waals surface area contributed by atoms with Gasteiger partial charge < -0.3 is 14.7 Å². The highest BCUT2D eigenvalue weighted by molar-refractivity contribution is 5.96. The highest BCUT2D eigenvalue weighted by atomic mass is 16.5. The summed E-state index contributed by atoms with van der Waals surface area (Å²) in [5.74, 6) is -0.232. The quantitative estimate of drug-likeness (QED) is 0.901. The third-order valence-electron chi connectivity index (χ3n) is 3.60. The van der Waals surface area contributed by atoms with E-state index in [1.165, 1.54) is 13.3 Å². The first-order chi connectivity index (χ1) is 9.61. The first-order valence-electron chi connectivity index (χ1n) is 6.61. The maximum Gasteiger partial charge on any atom is 0.303 e. The number of aromatic nitrogens is 1. The summed E-state index contributed by atoms with van der Waals surface area (Å²) < 4.78 is 5.14. The number of carboxylic acids is 1. The number of piperidine rings is 1. The van der Waals surface area contributed by atoms with E-state index in [2.05, 4.69) is 4.98 Å². The van der Waals surface area contributed by atoms with Gasteiger partial charge in [0.25, 0.3) is 5.91 Å². The Morgan fingerprint density at radius 3 is 2.75 bits per heavy atom. The first kappa shape index (κ1) is 14.3. The van der Waals surface area contributed by atoms with Crippen LogP contribution in [0, 0.1) is 5.92 Å². The van der Waals surface area contributed by atoms with Crippen LogP contribution in [0.2, 0.25) is 0 Å². The lowest BCUT2D eigenvalue weighted by Crippen LogP contribution is -2.39. The zero-order chi connectivity index (χ0) is 14.5. The van der Waals surface area contributed by atoms with Crippen molar-refractivity contribution >= 4 is 11.9 Å². The average molecular weight is 278 g/mol. The van der Waals surface area contributed by atoms with E-state index in [1.807, 2.05) is 0 Å². The fraction of sp³-hybridized carbons (Fsp3) is 0.500. The summed E-state index contributed by atoms with van der Waals surface area (Å²) >= 11 is 0. The van der Waals surface area contributed by atoms with Crippen LogP contribution in [0.1, 0.15) is 29.6 Å². The normalized spacial score (nSPS) is 15.9. The molecule has 1 aliphatic heterocycles. The summed E-state index contributed by atoms with van der Waals surface area (Å²) in [6, 6.07) is 1.64. The summed E-state index contributed by atoms with van der Waals surface area (Å²) in [6.45, 7) is 1.17. The van der Waals surface area contributed by atoms with Gasteiger partial charge in [0, 0.05) is 25.7 Å². The maximum absolute atomic E-state index is 12.4. The van der Waals surface area contributed by atoms with E-state index in [1.54, 1.807) is 17.2 Å². The number of hydrogen-bond acceptors (Lipinski definition) is 4. The number of amides is 1. The lowest BCUT2D eigenvalue weighted by atomic mass is 9.93. The molecule has 20 heavy (non-hydrogen) atoms. The molecule has 0 bridgehead atoms. The van der Waals surface area contributed by atoms with E-state index in [-0.39, 0.29) is 18.2 Å². The minimum atomic E-state index is -0.773. The van der Waals surface area contributed by atoms with Gasteiger partial charge in [0.2, 0.25) is 0 Å². The fourth-order valence-electron chi connectivity index (χ4n) is 2.48. The molecule has 6 heteroatoms. The number of pyridine rings is 1. The molecule has 1 N–H and O–H groups in total. The molecule has 1 amide bonds. The minimum Gasteiger partial charge on any atom is -0.494 e. The van der Waals surface area contributed by atoms with Crippen molar-refractivity contribution in [2.45, 2.75) is 19.3 Å². The van der Waals surface area contributed by atoms with Gasteiger partial charge in [-0.15, -0.1) is 0 Å². The van der Waals surface area contributed by atoms with Crippen LogP contribution in [0.25, 0.3) is 0 Å². The standard InChI is InChI=1S/C14H18N2O4/c1-20-12-9-15-5-2-11(12)14(19)16-6-3-10(4-7-16)8-13(17)18/h2,5,9-10H,3-4,6-8H2,1H3,(H,17,18). The molecule has 0 aliphatic carbocycles. The lowest BCUT2D eigenvalue weighted by molar-refractivity contribution is -0.138. The Hall–Kier alpha value is -2.11. The van der Waals surface area contributed by atoms with Gasteiger partial charge in [0.1, 0.15) is 5.75 Å². The predicted octanol–water partition coefficient (Wildman–Crippen LogP) is 1.42. The van der Waals surface area contributed by atoms with Crippen LogP contribution in [0.4, 0.5) is 0 Å². The zero-order valence-corrected chi connectivity index (χ0v) is 11.4. The van der Waals surface area contributed by atoms with E-state index >= 15 is 0 Å². The second-order valence-corrected chi connectivity index (χ2v) is 4.91. The van der Waals surface area contributed by atoms with E-state index in [4.69, 9.17) is 9.84 Å². The number of rotatable bonds is 4. The molecule has 6 nitrogen and oxygen atoms in total. The molecule has 1 aromatic heterocycles. The molecular formula is C14H18N2O4. The maximum atomic E-state index is 12.4. The van der Waals surface area contributed by atoms with Crippen molar-refractivity contribution in [3.05, 3.63) is 24.0 Å². The van der Waals surface area contributed by atoms with Crippen LogP contribution in [0.5, 0.6) is 5.75 Å². The lowest BCUT2D eigenvalue weighted by Gasteiger charge is -2.31. The van der Waals surface area contributed by atoms with E-state index in [9.17, 15) is 9.59 Å². The predicted molar refractivity (Wildman–Crippen MR) is 71.7 cm³/mol. The van der Waals surface area contributed by atoms with Crippen LogP contribution < -0.4 is 4.74 Å². The number of carboxylic acid groups (broad SMARTS) is 1. The van der Waals surface area contributed by atoms with Crippen LogP contribution in [0.15, 0.2) is 18.5 Å². The number of carbonyl (C=O) groups excluding carboxylic acids is 1. The zero-order valence-electron chi connectivity index (χ0n) is 11.4. The Morgan fingerprint density at radius 2 is 2.15 bits per heavy atom. The molecule has 1 fully saturated rings. The second kappa shape index (κ2) is 6.36. The summed E-state index contributed by atoms with van der Waals surface area (Å²) in [4.78, 5) is 28.8. The number of methoxy groups -OCH3 is 1. The van der Waals surface area contributed by atoms with Crippen LogP contribution >= 0.6 is 0 Å². The van der Waals surface area contributed by atoms with Gasteiger partial charge >= 0.3 is 5.97 Å². The van der Waals surface area contributed by atoms with Gasteiger partial charge in [0.15, 0.2) is 0 Å². The fourth-order valence-corrected chi connectivity index (χ4v) is 2.48. The monoisotopic (exact) mass is 278 g/mol. The van der Waals surface area contributed by atoms with Gasteiger partial charge in [-0.2, -0.15) is 0 Å². The molecule has 0 saturated carbocycles. The molecule has 2 rings (SSSR count). The van der Waals surface area contributed by atoms with E-state index in [0.29, 0.717) is 24.4 Å². The van der Waals surface area contributed by atoms with Gasteiger partial charge in [-0.05, 0) is 24.8 Å². The van der Waals surface area contributed by atoms with Gasteiger partial charge in [-0.25, -0.2) is 0 Å². The average Bonchev–Trinajstić information content (AvgIpc) is 2.46. The number of hydrogen-bond donors (Lipinski definition) is 1. The number of ether oxygens (including phenoxy) is 1. The Balaban J connectivity index is 2.00. The third-order valence-corrected chi connectivity index (χ3v) is 3.60. The van der Waals surface area contributed by atoms with Crippen molar-refractivity contribution in [1.82, 2.24) is 9.88 Å². The van der Waals surface area contributed by atoms with E-state index in [0.717, 1.165) is 12.8 Å². The van der Waals surface area contributed by atoms with Crippen LogP contribution in [0.3, 0.4) is 0 Å². The van der Waals surface area contributed by atoms with Crippen molar-refractivity contribution < 1.29 is 19.4 Å². The highest BCUT2D eigenvalue weighted by Gasteiger charge is 2.26. The van der Waals surface area contributed by atoms with Gasteiger partial charge in [0.05, 0.1) is 18.9 Å². The largest absolute Gasteiger partial charge is 0.494 e. The summed E-state index contributed by atoms with van der Waals surface area (Å²) in [5.41, 5.74) is 0.499. The van der Waals surface area contributed by atoms with Crippen molar-refractivity contribution in [2.24, 2.45) is 5.92 Å². The Kier molecular flexibility index (Phi) is 4.55. The molecule has 0 unspecified atom stereocenters. The highest BCUT2D eigenvalue weighted by Crippen LogP contribution is 2.24. The summed E-state index contributed by atoms with van der Waals surface area (Å²) in [7, 11) is 1.51. The Morgan fingerprint density at radius 1 is 1.45 bits per heavy atom. The molecule has 0 atom stereocenters. The van der Waals surface area contributed by atoms with Crippen molar-refractivity contribution in [3.63, 3.8) is 0 Å². The van der Waals surface area contributed by atoms with Crippen LogP contribution in [-0.4, -0.2) is 47.1 Å². The summed E-state index contributed by atoms with van der Waals surface area (Å²) in [6.07, 6.45) is 4.72. The number of carbonyl (C=O) groups is 2. The number of nitrogens with zero attached hydrogens (tertiary/aromatic N) is 2. The summed E-state index contributed by atoms with van der Waals surface area (Å²) in [5, 5.41) is 8.78. The Labute approximate surface area is 117 Å². The first-order valence-corrected chi connectivity index (χ1v) is 6.61. The minimum absolute atomic E-state index is 0.0852. The smallest absolute Gasteiger partial charge is 0.303 e. The molecule has 1 saturated heterocycles. The van der Waals surface area contributed by atoms with Crippen molar-refractivity contribution in [2.75, 3.05) is 20.2 Å². The molecule has 0 aromatic carbocycles. The number of likely N-dealkylation sites (tertiary alicyclic amines) is 1. The Bertz CT molecular complexity index is 496. The van der Waals surface area contributed by atoms with Crippen molar-refractivity contribution in [1.29, 1.82) is 0 Å². The van der Waals surface area contributed by atoms with Crippen LogP contribution in [-0.2, 0) is 4.79 Å². The van der Waals surface area contributed by atoms with Gasteiger partial charge in [-0.3, -0.25) is 14.6 Å². The molecule has 2 heterocycles. The molecule has 0 spiro atoms. The SMILES string of the molecule is COc1cnccc1C(=O)N1CCC(CC(=O)O)CC1. The van der Waals surface area contributed by atoms with Crippen molar-refractivity contribution in [3.8, 4) is 5.75 Å². The molecule has 0 radical (unpaired) electrons. The topological polar surface area (TPSA) is 79.7 Å². The van der Waals surface area contributed by atoms with Gasteiger partial charge in [-0.1, -0.05) is 0 Å². The molecule has 1 aromatic rings. The molecule has 108 valence electrons. The molecule has 1 aliphatic rings.